The second kappa shape index (κ2) is 14.0. The van der Waals surface area contributed by atoms with Gasteiger partial charge in [0.25, 0.3) is 23.0 Å². The van der Waals surface area contributed by atoms with E-state index in [9.17, 15) is 45.5 Å². The van der Waals surface area contributed by atoms with Crippen LogP contribution in [0.25, 0.3) is 0 Å². The lowest BCUT2D eigenvalue weighted by molar-refractivity contribution is -0.280. The number of Topliss-reactive ketones (excluding diaryl/α,β-unsaturated/α-hetero) is 2. The molecule has 2 aromatic rings. The summed E-state index contributed by atoms with van der Waals surface area (Å²) >= 11 is 1.63. The van der Waals surface area contributed by atoms with Crippen molar-refractivity contribution in [1.82, 2.24) is 9.80 Å². The van der Waals surface area contributed by atoms with Gasteiger partial charge in [-0.1, -0.05) is 60.7 Å². The lowest BCUT2D eigenvalue weighted by Gasteiger charge is -2.54. The molecule has 0 N–H and O–H groups in total. The fourth-order valence-corrected chi connectivity index (χ4v) is 13.1. The fraction of sp³-hybridized carbons (Fsp3) is 0.538. The highest BCUT2D eigenvalue weighted by atomic mass is 32.2. The predicted molar refractivity (Wildman–Crippen MR) is 194 cm³/mol. The Morgan fingerprint density at radius 1 is 0.729 bits per heavy atom. The molecule has 2 aliphatic carbocycles. The monoisotopic (exact) mass is 870 g/mol. The highest BCUT2D eigenvalue weighted by Crippen LogP contribution is 2.65. The first-order chi connectivity index (χ1) is 27.8. The van der Waals surface area contributed by atoms with Crippen molar-refractivity contribution in [1.29, 1.82) is 0 Å². The van der Waals surface area contributed by atoms with Crippen LogP contribution in [0.15, 0.2) is 60.7 Å². The molecule has 8 rings (SSSR count). The molecule has 2 aromatic carbocycles. The largest absolute Gasteiger partial charge is 0.457 e. The second-order valence-electron chi connectivity index (χ2n) is 15.4. The maximum Gasteiger partial charge on any atom is 0.432 e. The summed E-state index contributed by atoms with van der Waals surface area (Å²) in [4.78, 5) is 84.2. The minimum atomic E-state index is -5.34. The van der Waals surface area contributed by atoms with Gasteiger partial charge in [0.1, 0.15) is 18.0 Å². The third-order valence-corrected chi connectivity index (χ3v) is 15.7. The number of halogens is 6. The molecular weight excluding hydrogens is 835 g/mol. The van der Waals surface area contributed by atoms with Crippen LogP contribution in [0, 0.1) is 11.8 Å². The highest BCUT2D eigenvalue weighted by Gasteiger charge is 2.80. The van der Waals surface area contributed by atoms with Crippen molar-refractivity contribution in [2.45, 2.75) is 94.9 Å². The van der Waals surface area contributed by atoms with Crippen LogP contribution in [-0.4, -0.2) is 117 Å². The molecule has 12 nitrogen and oxygen atoms in total. The van der Waals surface area contributed by atoms with Gasteiger partial charge >= 0.3 is 24.3 Å². The molecule has 4 saturated heterocycles. The third-order valence-electron chi connectivity index (χ3n) is 12.8. The van der Waals surface area contributed by atoms with E-state index in [2.05, 4.69) is 0 Å². The van der Waals surface area contributed by atoms with Gasteiger partial charge < -0.3 is 28.7 Å². The standard InChI is InChI=1S/C39H36F6N2O10S2/c1-54-36(38(40,41)42,19-10-6-4-7-11-19)32(52)56-24-15-14-23(48)21-17-34(58-3)30(50)47-28-22-18-35(47,31(51)46(34)27(21)24)59-26(29(22)49)16-25(28)57-33(53)37(55-2,39(43,44)45)20-12-8-5-9-13-20/h4-13,21-22,24-28H,14-18H2,1-3H3/t21-,22+,24-,25-,26-,27-,28-,34+,35+,36+,37+/m0/s1. The molecule has 11 atom stereocenters. The topological polar surface area (TPSA) is 146 Å². The fourth-order valence-electron chi connectivity index (χ4n) is 10.2. The number of amides is 2. The number of ketones is 2. The molecule has 6 fully saturated rings. The number of piperazine rings is 1. The summed E-state index contributed by atoms with van der Waals surface area (Å²) in [6.45, 7) is 0. The van der Waals surface area contributed by atoms with Crippen molar-refractivity contribution >= 4 is 58.8 Å². The lowest BCUT2D eigenvalue weighted by atomic mass is 9.80. The molecule has 20 heteroatoms. The number of hydrogen-bond acceptors (Lipinski definition) is 12. The van der Waals surface area contributed by atoms with E-state index in [1.807, 2.05) is 0 Å². The summed E-state index contributed by atoms with van der Waals surface area (Å²) in [5.41, 5.74) is -8.37. The van der Waals surface area contributed by atoms with Gasteiger partial charge in [-0.15, -0.1) is 23.5 Å². The molecule has 4 aliphatic heterocycles. The molecule has 0 unspecified atom stereocenters. The van der Waals surface area contributed by atoms with E-state index >= 15 is 9.59 Å². The zero-order valence-corrected chi connectivity index (χ0v) is 33.0. The average Bonchev–Trinajstić information content (AvgIpc) is 3.67. The van der Waals surface area contributed by atoms with E-state index in [0.717, 1.165) is 57.6 Å². The van der Waals surface area contributed by atoms with Gasteiger partial charge in [0.15, 0.2) is 15.5 Å². The Balaban J connectivity index is 1.17. The van der Waals surface area contributed by atoms with Crippen LogP contribution in [0.3, 0.4) is 0 Å². The Labute approximate surface area is 340 Å². The Bertz CT molecular complexity index is 2110. The highest BCUT2D eigenvalue weighted by molar-refractivity contribution is 8.03. The van der Waals surface area contributed by atoms with Crippen molar-refractivity contribution in [3.8, 4) is 0 Å². The molecule has 2 amide bonds. The van der Waals surface area contributed by atoms with Crippen molar-refractivity contribution in [2.75, 3.05) is 20.5 Å². The molecule has 3 bridgehead atoms. The van der Waals surface area contributed by atoms with Gasteiger partial charge in [-0.2, -0.15) is 26.3 Å². The molecular formula is C39H36F6N2O10S2. The van der Waals surface area contributed by atoms with Crippen LogP contribution in [0.4, 0.5) is 26.3 Å². The van der Waals surface area contributed by atoms with Crippen molar-refractivity contribution in [3.63, 3.8) is 0 Å². The first kappa shape index (κ1) is 41.6. The van der Waals surface area contributed by atoms with E-state index in [-0.39, 0.29) is 32.1 Å². The normalized spacial score (nSPS) is 34.4. The van der Waals surface area contributed by atoms with Gasteiger partial charge in [0.05, 0.1) is 17.3 Å². The van der Waals surface area contributed by atoms with Crippen LogP contribution in [0.5, 0.6) is 0 Å². The number of esters is 2. The molecule has 0 aromatic heterocycles. The number of carbonyl (C=O) groups is 6. The maximum atomic E-state index is 15.3. The summed E-state index contributed by atoms with van der Waals surface area (Å²) in [5, 5.41) is -1.13. The van der Waals surface area contributed by atoms with Gasteiger partial charge in [-0.05, 0) is 12.7 Å². The Kier molecular flexibility index (Phi) is 9.83. The quantitative estimate of drug-likeness (QED) is 0.255. The van der Waals surface area contributed by atoms with E-state index in [4.69, 9.17) is 18.9 Å². The number of rotatable bonds is 9. The average molecular weight is 871 g/mol. The number of alkyl halides is 6. The SMILES string of the molecule is CO[C@@](C(=O)O[C@H]1CCC(=O)[C@@H]2C[C@@]3(SC)C(=O)N4[C@@H]5[C@@H](OC(=O)[C@](OC)(c6ccccc6)C(F)(F)F)C[C@@H]6S[C@]4(C[C@H]5C6=O)C(=O)N3[C@H]12)(c1ccccc1)C(F)(F)F. The first-order valence-corrected chi connectivity index (χ1v) is 20.7. The summed E-state index contributed by atoms with van der Waals surface area (Å²) < 4.78 is 111. The molecule has 2 saturated carbocycles. The number of benzene rings is 2. The van der Waals surface area contributed by atoms with Crippen molar-refractivity contribution < 1.29 is 74.1 Å². The summed E-state index contributed by atoms with van der Waals surface area (Å²) in [5.74, 6) is -8.47. The number of ether oxygens (including phenoxy) is 4. The molecule has 1 spiro atoms. The van der Waals surface area contributed by atoms with Gasteiger partial charge in [-0.3, -0.25) is 19.2 Å². The van der Waals surface area contributed by atoms with E-state index in [1.54, 1.807) is 0 Å². The van der Waals surface area contributed by atoms with Crippen LogP contribution in [0.2, 0.25) is 0 Å². The maximum absolute atomic E-state index is 15.3. The molecule has 316 valence electrons. The second-order valence-corrected chi connectivity index (χ2v) is 17.9. The Morgan fingerprint density at radius 3 is 1.73 bits per heavy atom. The van der Waals surface area contributed by atoms with Gasteiger partial charge in [0, 0.05) is 62.9 Å². The zero-order chi connectivity index (χ0) is 42.7. The minimum absolute atomic E-state index is 0.262. The summed E-state index contributed by atoms with van der Waals surface area (Å²) in [7, 11) is 1.39. The Morgan fingerprint density at radius 2 is 1.24 bits per heavy atom. The summed E-state index contributed by atoms with van der Waals surface area (Å²) in [6.07, 6.45) is -13.8. The summed E-state index contributed by atoms with van der Waals surface area (Å²) in [6, 6.07) is 9.33. The molecule has 4 heterocycles. The number of carbonyl (C=O) groups excluding carboxylic acids is 6. The zero-order valence-electron chi connectivity index (χ0n) is 31.4. The van der Waals surface area contributed by atoms with Crippen molar-refractivity contribution in [3.05, 3.63) is 71.8 Å². The van der Waals surface area contributed by atoms with E-state index in [1.165, 1.54) is 42.7 Å². The predicted octanol–water partition coefficient (Wildman–Crippen LogP) is 4.67. The number of hydrogen-bond donors (Lipinski definition) is 0. The van der Waals surface area contributed by atoms with Crippen LogP contribution in [0.1, 0.15) is 43.2 Å². The smallest absolute Gasteiger partial charge is 0.432 e. The minimum Gasteiger partial charge on any atom is -0.457 e. The third kappa shape index (κ3) is 5.46. The van der Waals surface area contributed by atoms with Crippen LogP contribution in [-0.2, 0) is 58.9 Å². The number of nitrogens with zero attached hydrogens (tertiary/aromatic N) is 2. The number of methoxy groups -OCH3 is 2. The van der Waals surface area contributed by atoms with E-state index in [0.29, 0.717) is 14.2 Å². The number of fused-ring (bicyclic) bond motifs is 5. The van der Waals surface area contributed by atoms with E-state index < -0.39 is 121 Å². The Hall–Kier alpha value is -4.14. The number of thioether (sulfide) groups is 2. The van der Waals surface area contributed by atoms with Crippen LogP contribution >= 0.6 is 23.5 Å². The molecule has 0 radical (unpaired) electrons. The lowest BCUT2D eigenvalue weighted by Crippen LogP contribution is -2.74. The van der Waals surface area contributed by atoms with Crippen LogP contribution < -0.4 is 0 Å². The molecule has 6 aliphatic rings. The first-order valence-electron chi connectivity index (χ1n) is 18.5. The van der Waals surface area contributed by atoms with Gasteiger partial charge in [0.2, 0.25) is 0 Å². The molecule has 59 heavy (non-hydrogen) atoms. The van der Waals surface area contributed by atoms with Crippen molar-refractivity contribution in [2.24, 2.45) is 11.8 Å². The van der Waals surface area contributed by atoms with Gasteiger partial charge in [-0.25, -0.2) is 9.59 Å².